The van der Waals surface area contributed by atoms with E-state index in [-0.39, 0.29) is 15.9 Å². The first-order chi connectivity index (χ1) is 5.15. The third-order valence-electron chi connectivity index (χ3n) is 1.13. The van der Waals surface area contributed by atoms with Crippen molar-refractivity contribution in [2.45, 2.75) is 6.61 Å². The lowest BCUT2D eigenvalue weighted by Gasteiger charge is -1.99. The number of nitrogens with zero attached hydrogens (tertiary/aromatic N) is 1. The zero-order chi connectivity index (χ0) is 8.43. The lowest BCUT2D eigenvalue weighted by Crippen LogP contribution is -1.93. The topological polar surface area (TPSA) is 33.1 Å². The lowest BCUT2D eigenvalue weighted by atomic mass is 10.3. The van der Waals surface area contributed by atoms with Gasteiger partial charge in [0.15, 0.2) is 11.0 Å². The third-order valence-corrected chi connectivity index (χ3v) is 1.58. The van der Waals surface area contributed by atoms with Crippen LogP contribution in [0.25, 0.3) is 0 Å². The van der Waals surface area contributed by atoms with Gasteiger partial charge in [-0.3, -0.25) is 0 Å². The maximum absolute atomic E-state index is 12.8. The van der Waals surface area contributed by atoms with Gasteiger partial charge < -0.3 is 5.11 Å². The molecule has 11 heavy (non-hydrogen) atoms. The van der Waals surface area contributed by atoms with Crippen LogP contribution in [0.4, 0.5) is 4.39 Å². The van der Waals surface area contributed by atoms with E-state index in [1.807, 2.05) is 0 Å². The summed E-state index contributed by atoms with van der Waals surface area (Å²) in [6, 6.07) is 1.22. The van der Waals surface area contributed by atoms with Gasteiger partial charge in [0.2, 0.25) is 0 Å². The van der Waals surface area contributed by atoms with Crippen LogP contribution in [0.1, 0.15) is 5.56 Å². The van der Waals surface area contributed by atoms with Crippen LogP contribution >= 0.6 is 23.2 Å². The normalized spacial score (nSPS) is 10.2. The van der Waals surface area contributed by atoms with Crippen LogP contribution in [0, 0.1) is 5.82 Å². The molecule has 0 aromatic carbocycles. The lowest BCUT2D eigenvalue weighted by molar-refractivity contribution is 0.275. The van der Waals surface area contributed by atoms with Crippen molar-refractivity contribution in [2.75, 3.05) is 0 Å². The van der Waals surface area contributed by atoms with Gasteiger partial charge in [0.25, 0.3) is 0 Å². The Morgan fingerprint density at radius 1 is 1.55 bits per heavy atom. The highest BCUT2D eigenvalue weighted by atomic mass is 35.5. The number of rotatable bonds is 1. The van der Waals surface area contributed by atoms with Crippen molar-refractivity contribution in [3.8, 4) is 0 Å². The van der Waals surface area contributed by atoms with Crippen LogP contribution in [0.2, 0.25) is 10.3 Å². The first-order valence-electron chi connectivity index (χ1n) is 2.76. The second-order valence-electron chi connectivity index (χ2n) is 1.87. The molecule has 1 aromatic heterocycles. The predicted octanol–water partition coefficient (Wildman–Crippen LogP) is 2.02. The van der Waals surface area contributed by atoms with Gasteiger partial charge in [-0.2, -0.15) is 0 Å². The quantitative estimate of drug-likeness (QED) is 0.697. The van der Waals surface area contributed by atoms with E-state index >= 15 is 0 Å². The number of aliphatic hydroxyl groups excluding tert-OH is 1. The summed E-state index contributed by atoms with van der Waals surface area (Å²) in [5, 5.41) is 8.33. The SMILES string of the molecule is OCc1cc(Cl)nc(Cl)c1F. The summed E-state index contributed by atoms with van der Waals surface area (Å²) in [5.41, 5.74) is 0.0509. The van der Waals surface area contributed by atoms with Crippen LogP contribution in [0.15, 0.2) is 6.07 Å². The predicted molar refractivity (Wildman–Crippen MR) is 40.1 cm³/mol. The number of pyridine rings is 1. The second-order valence-corrected chi connectivity index (χ2v) is 2.61. The molecule has 1 aromatic rings. The first kappa shape index (κ1) is 8.71. The average molecular weight is 196 g/mol. The maximum atomic E-state index is 12.8. The molecule has 0 unspecified atom stereocenters. The van der Waals surface area contributed by atoms with E-state index in [4.69, 9.17) is 28.3 Å². The highest BCUT2D eigenvalue weighted by molar-refractivity contribution is 6.32. The zero-order valence-electron chi connectivity index (χ0n) is 5.31. The molecule has 1 N–H and O–H groups in total. The van der Waals surface area contributed by atoms with Crippen molar-refractivity contribution in [1.29, 1.82) is 0 Å². The van der Waals surface area contributed by atoms with Gasteiger partial charge in [-0.25, -0.2) is 9.37 Å². The van der Waals surface area contributed by atoms with E-state index in [2.05, 4.69) is 4.98 Å². The number of hydrogen-bond donors (Lipinski definition) is 1. The minimum atomic E-state index is -0.724. The molecule has 60 valence electrons. The van der Waals surface area contributed by atoms with Crippen molar-refractivity contribution < 1.29 is 9.50 Å². The monoisotopic (exact) mass is 195 g/mol. The molecule has 0 radical (unpaired) electrons. The fourth-order valence-corrected chi connectivity index (χ4v) is 1.10. The van der Waals surface area contributed by atoms with Crippen LogP contribution in [-0.2, 0) is 6.61 Å². The van der Waals surface area contributed by atoms with Crippen molar-refractivity contribution in [1.82, 2.24) is 4.98 Å². The third kappa shape index (κ3) is 1.80. The fourth-order valence-electron chi connectivity index (χ4n) is 0.630. The van der Waals surface area contributed by atoms with Gasteiger partial charge in [0, 0.05) is 5.56 Å². The Kier molecular flexibility index (Phi) is 2.65. The molecular weight excluding hydrogens is 192 g/mol. The molecule has 0 spiro atoms. The number of aromatic nitrogens is 1. The fraction of sp³-hybridized carbons (Fsp3) is 0.167. The van der Waals surface area contributed by atoms with Crippen LogP contribution in [0.3, 0.4) is 0 Å². The molecule has 1 rings (SSSR count). The molecule has 0 bridgehead atoms. The molecule has 0 aliphatic rings. The molecular formula is C6H4Cl2FNO. The minimum Gasteiger partial charge on any atom is -0.392 e. The Balaban J connectivity index is 3.24. The maximum Gasteiger partial charge on any atom is 0.166 e. The smallest absolute Gasteiger partial charge is 0.166 e. The van der Waals surface area contributed by atoms with Gasteiger partial charge in [0.1, 0.15) is 5.15 Å². The standard InChI is InChI=1S/C6H4Cl2FNO/c7-4-1-3(2-11)5(9)6(8)10-4/h1,11H,2H2. The molecule has 0 saturated heterocycles. The molecule has 0 amide bonds. The van der Waals surface area contributed by atoms with E-state index in [1.165, 1.54) is 6.07 Å². The Morgan fingerprint density at radius 2 is 2.18 bits per heavy atom. The van der Waals surface area contributed by atoms with Crippen molar-refractivity contribution >= 4 is 23.2 Å². The highest BCUT2D eigenvalue weighted by Crippen LogP contribution is 2.19. The van der Waals surface area contributed by atoms with Gasteiger partial charge in [0.05, 0.1) is 6.61 Å². The van der Waals surface area contributed by atoms with E-state index in [0.29, 0.717) is 0 Å². The van der Waals surface area contributed by atoms with Gasteiger partial charge in [-0.1, -0.05) is 23.2 Å². The Bertz CT molecular complexity index is 280. The zero-order valence-corrected chi connectivity index (χ0v) is 6.82. The molecule has 5 heteroatoms. The average Bonchev–Trinajstić information content (AvgIpc) is 1.96. The molecule has 0 fully saturated rings. The van der Waals surface area contributed by atoms with E-state index in [9.17, 15) is 4.39 Å². The van der Waals surface area contributed by atoms with Gasteiger partial charge in [-0.05, 0) is 6.07 Å². The Hall–Kier alpha value is -0.380. The summed E-state index contributed by atoms with van der Waals surface area (Å²) in [5.74, 6) is -0.724. The summed E-state index contributed by atoms with van der Waals surface area (Å²) in [6.45, 7) is -0.437. The summed E-state index contributed by atoms with van der Waals surface area (Å²) < 4.78 is 12.8. The van der Waals surface area contributed by atoms with Crippen LogP contribution in [0.5, 0.6) is 0 Å². The van der Waals surface area contributed by atoms with Gasteiger partial charge >= 0.3 is 0 Å². The van der Waals surface area contributed by atoms with Crippen molar-refractivity contribution in [3.63, 3.8) is 0 Å². The van der Waals surface area contributed by atoms with Crippen LogP contribution in [-0.4, -0.2) is 10.1 Å². The second kappa shape index (κ2) is 3.34. The summed E-state index contributed by atoms with van der Waals surface area (Å²) >= 11 is 10.7. The largest absolute Gasteiger partial charge is 0.392 e. The molecule has 0 aliphatic heterocycles. The van der Waals surface area contributed by atoms with E-state index < -0.39 is 12.4 Å². The highest BCUT2D eigenvalue weighted by Gasteiger charge is 2.08. The number of aliphatic hydroxyl groups is 1. The summed E-state index contributed by atoms with van der Waals surface area (Å²) in [6.07, 6.45) is 0. The molecule has 0 aliphatic carbocycles. The summed E-state index contributed by atoms with van der Waals surface area (Å²) in [4.78, 5) is 3.43. The van der Waals surface area contributed by atoms with E-state index in [0.717, 1.165) is 0 Å². The number of halogens is 3. The molecule has 0 atom stereocenters. The summed E-state index contributed by atoms with van der Waals surface area (Å²) in [7, 11) is 0. The van der Waals surface area contributed by atoms with Gasteiger partial charge in [-0.15, -0.1) is 0 Å². The van der Waals surface area contributed by atoms with Crippen molar-refractivity contribution in [3.05, 3.63) is 27.8 Å². The molecule has 0 saturated carbocycles. The Labute approximate surface area is 72.6 Å². The first-order valence-corrected chi connectivity index (χ1v) is 3.52. The minimum absolute atomic E-state index is 0.0509. The number of hydrogen-bond acceptors (Lipinski definition) is 2. The Morgan fingerprint density at radius 3 is 2.73 bits per heavy atom. The molecule has 2 nitrogen and oxygen atoms in total. The molecule has 1 heterocycles. The van der Waals surface area contributed by atoms with Crippen LogP contribution < -0.4 is 0 Å². The van der Waals surface area contributed by atoms with E-state index in [1.54, 1.807) is 0 Å². The van der Waals surface area contributed by atoms with Crippen molar-refractivity contribution in [2.24, 2.45) is 0 Å².